The summed E-state index contributed by atoms with van der Waals surface area (Å²) in [6.07, 6.45) is 1.66. The van der Waals surface area contributed by atoms with Gasteiger partial charge in [-0.3, -0.25) is 4.57 Å². The topological polar surface area (TPSA) is 142 Å². The minimum absolute atomic E-state index is 0.0247. The van der Waals surface area contributed by atoms with Crippen molar-refractivity contribution in [2.75, 3.05) is 6.61 Å². The highest BCUT2D eigenvalue weighted by Gasteiger charge is 2.32. The molecule has 0 aliphatic heterocycles. The molecule has 0 aliphatic rings. The Labute approximate surface area is 155 Å². The Morgan fingerprint density at radius 3 is 2.52 bits per heavy atom. The Morgan fingerprint density at radius 2 is 2.00 bits per heavy atom. The third-order valence-electron chi connectivity index (χ3n) is 3.68. The van der Waals surface area contributed by atoms with Gasteiger partial charge in [-0.25, -0.2) is 27.5 Å². The summed E-state index contributed by atoms with van der Waals surface area (Å²) < 4.78 is 38.7. The lowest BCUT2D eigenvalue weighted by Crippen LogP contribution is -2.40. The lowest BCUT2D eigenvalue weighted by molar-refractivity contribution is 0.0500. The number of furan rings is 1. The van der Waals surface area contributed by atoms with E-state index in [4.69, 9.17) is 9.15 Å². The van der Waals surface area contributed by atoms with E-state index in [-0.39, 0.29) is 30.2 Å². The second-order valence-corrected chi connectivity index (χ2v) is 7.22. The largest absolute Gasteiger partial charge is 0.467 e. The second-order valence-electron chi connectivity index (χ2n) is 5.60. The van der Waals surface area contributed by atoms with Gasteiger partial charge in [0.2, 0.25) is 0 Å². The normalized spacial score (nSPS) is 11.4. The van der Waals surface area contributed by atoms with Crippen molar-refractivity contribution in [3.05, 3.63) is 33.9 Å². The van der Waals surface area contributed by atoms with E-state index >= 15 is 0 Å². The number of rotatable bonds is 6. The molecule has 0 bridgehead atoms. The summed E-state index contributed by atoms with van der Waals surface area (Å²) >= 11 is 0. The fourth-order valence-electron chi connectivity index (χ4n) is 2.22. The van der Waals surface area contributed by atoms with Crippen LogP contribution in [0.3, 0.4) is 0 Å². The maximum absolute atomic E-state index is 12.7. The molecule has 1 N–H and O–H groups in total. The fraction of sp³-hybridized carbons (Fsp3) is 0.467. The van der Waals surface area contributed by atoms with Crippen LogP contribution >= 0.6 is 0 Å². The highest BCUT2D eigenvalue weighted by atomic mass is 32.2. The van der Waals surface area contributed by atoms with Crippen molar-refractivity contribution in [3.63, 3.8) is 0 Å². The number of esters is 1. The maximum Gasteiger partial charge on any atom is 0.360 e. The predicted octanol–water partition coefficient (Wildman–Crippen LogP) is 0.559. The van der Waals surface area contributed by atoms with Crippen LogP contribution in [0.5, 0.6) is 0 Å². The van der Waals surface area contributed by atoms with Crippen LogP contribution in [-0.4, -0.2) is 41.4 Å². The predicted molar refractivity (Wildman–Crippen MR) is 92.0 cm³/mol. The van der Waals surface area contributed by atoms with Gasteiger partial charge in [0.15, 0.2) is 0 Å². The molecule has 0 spiro atoms. The molecule has 1 amide bonds. The van der Waals surface area contributed by atoms with E-state index in [1.807, 2.05) is 0 Å². The number of carbonyl (C=O) groups excluding carboxylic acids is 2. The number of hydrogen-bond acceptors (Lipinski definition) is 8. The molecule has 0 fully saturated rings. The average Bonchev–Trinajstić information content (AvgIpc) is 3.16. The molecule has 0 aliphatic carbocycles. The minimum atomic E-state index is -4.53. The van der Waals surface area contributed by atoms with Crippen LogP contribution in [-0.2, 0) is 28.2 Å². The summed E-state index contributed by atoms with van der Waals surface area (Å²) in [5.74, 6) is -0.698. The zero-order valence-electron chi connectivity index (χ0n) is 15.3. The Balaban J connectivity index is 2.42. The first-order valence-electron chi connectivity index (χ1n) is 8.11. The lowest BCUT2D eigenvalue weighted by Gasteiger charge is -2.08. The van der Waals surface area contributed by atoms with Crippen molar-refractivity contribution in [3.8, 4) is 0 Å². The van der Waals surface area contributed by atoms with E-state index in [1.54, 1.807) is 18.6 Å². The first-order valence-corrected chi connectivity index (χ1v) is 9.59. The third-order valence-corrected chi connectivity index (χ3v) is 5.10. The summed E-state index contributed by atoms with van der Waals surface area (Å²) in [6, 6.07) is -1.28. The smallest absolute Gasteiger partial charge is 0.360 e. The fourth-order valence-corrected chi connectivity index (χ4v) is 3.55. The van der Waals surface area contributed by atoms with E-state index in [9.17, 15) is 22.8 Å². The van der Waals surface area contributed by atoms with Gasteiger partial charge in [0, 0.05) is 13.5 Å². The zero-order valence-corrected chi connectivity index (χ0v) is 16.1. The van der Waals surface area contributed by atoms with E-state index in [0.717, 1.165) is 10.8 Å². The van der Waals surface area contributed by atoms with E-state index in [1.165, 1.54) is 14.0 Å². The molecule has 148 valence electrons. The Bertz CT molecular complexity index is 1030. The van der Waals surface area contributed by atoms with Crippen molar-refractivity contribution in [1.82, 2.24) is 19.1 Å². The van der Waals surface area contributed by atoms with Gasteiger partial charge in [-0.1, -0.05) is 13.8 Å². The van der Waals surface area contributed by atoms with Crippen molar-refractivity contribution < 1.29 is 27.2 Å². The van der Waals surface area contributed by atoms with Gasteiger partial charge in [0.05, 0.1) is 6.61 Å². The standard InChI is InChI=1S/C15H20N4O7S/c1-5-7-25-13(20)10-8-26-11(6-2)12(10)27(23,24)17-14(21)19-15(22)18(4)9(3)16-19/h8H,5-7H2,1-4H3,(H,17,21). The molecule has 0 unspecified atom stereocenters. The summed E-state index contributed by atoms with van der Waals surface area (Å²) in [4.78, 5) is 35.8. The number of sulfonamides is 1. The van der Waals surface area contributed by atoms with Crippen molar-refractivity contribution in [1.29, 1.82) is 0 Å². The van der Waals surface area contributed by atoms with Crippen molar-refractivity contribution in [2.24, 2.45) is 7.05 Å². The molecule has 27 heavy (non-hydrogen) atoms. The first kappa shape index (κ1) is 20.4. The number of carbonyl (C=O) groups is 2. The van der Waals surface area contributed by atoms with Gasteiger partial charge >= 0.3 is 17.7 Å². The van der Waals surface area contributed by atoms with Gasteiger partial charge in [-0.2, -0.15) is 0 Å². The number of amides is 1. The molecule has 0 saturated heterocycles. The molecule has 12 heteroatoms. The number of nitrogens with zero attached hydrogens (tertiary/aromatic N) is 3. The van der Waals surface area contributed by atoms with Crippen molar-refractivity contribution in [2.45, 2.75) is 38.5 Å². The van der Waals surface area contributed by atoms with Gasteiger partial charge in [0.1, 0.15) is 28.3 Å². The number of ether oxygens (including phenoxy) is 1. The van der Waals surface area contributed by atoms with E-state index < -0.39 is 32.6 Å². The SMILES string of the molecule is CCCOC(=O)c1coc(CC)c1S(=O)(=O)NC(=O)n1nc(C)n(C)c1=O. The molecule has 2 aromatic heterocycles. The van der Waals surface area contributed by atoms with Crippen LogP contribution in [0, 0.1) is 6.92 Å². The molecular formula is C15H20N4O7S. The Hall–Kier alpha value is -2.89. The first-order chi connectivity index (χ1) is 12.6. The third kappa shape index (κ3) is 3.94. The summed E-state index contributed by atoms with van der Waals surface area (Å²) in [7, 11) is -3.15. The van der Waals surface area contributed by atoms with Crippen LogP contribution in [0.25, 0.3) is 0 Å². The van der Waals surface area contributed by atoms with Crippen LogP contribution in [0.4, 0.5) is 4.79 Å². The average molecular weight is 400 g/mol. The number of aromatic nitrogens is 3. The van der Waals surface area contributed by atoms with Gasteiger partial charge in [0.25, 0.3) is 10.0 Å². The van der Waals surface area contributed by atoms with Gasteiger partial charge < -0.3 is 9.15 Å². The van der Waals surface area contributed by atoms with Crippen LogP contribution < -0.4 is 10.4 Å². The lowest BCUT2D eigenvalue weighted by atomic mass is 10.3. The molecule has 2 aromatic rings. The molecule has 2 heterocycles. The van der Waals surface area contributed by atoms with Crippen molar-refractivity contribution >= 4 is 22.0 Å². The quantitative estimate of drug-likeness (QED) is 0.693. The molecular weight excluding hydrogens is 380 g/mol. The number of hydrogen-bond donors (Lipinski definition) is 1. The van der Waals surface area contributed by atoms with E-state index in [2.05, 4.69) is 5.10 Å². The highest BCUT2D eigenvalue weighted by molar-refractivity contribution is 7.90. The van der Waals surface area contributed by atoms with E-state index in [0.29, 0.717) is 11.1 Å². The zero-order chi connectivity index (χ0) is 20.4. The summed E-state index contributed by atoms with van der Waals surface area (Å²) in [5.41, 5.74) is -1.14. The molecule has 0 saturated carbocycles. The van der Waals surface area contributed by atoms with Crippen LogP contribution in [0.1, 0.15) is 42.2 Å². The molecule has 11 nitrogen and oxygen atoms in total. The second kappa shape index (κ2) is 7.78. The summed E-state index contributed by atoms with van der Waals surface area (Å²) in [5, 5.41) is 3.69. The molecule has 0 atom stereocenters. The van der Waals surface area contributed by atoms with Crippen LogP contribution in [0.15, 0.2) is 20.4 Å². The molecule has 2 rings (SSSR count). The molecule has 0 radical (unpaired) electrons. The summed E-state index contributed by atoms with van der Waals surface area (Å²) in [6.45, 7) is 4.98. The Morgan fingerprint density at radius 1 is 1.33 bits per heavy atom. The highest BCUT2D eigenvalue weighted by Crippen LogP contribution is 2.24. The Kier molecular flexibility index (Phi) is 5.88. The van der Waals surface area contributed by atoms with Gasteiger partial charge in [-0.05, 0) is 13.3 Å². The number of aryl methyl sites for hydroxylation is 2. The van der Waals surface area contributed by atoms with Gasteiger partial charge in [-0.15, -0.1) is 9.78 Å². The number of nitrogens with one attached hydrogen (secondary N) is 1. The molecule has 0 aromatic carbocycles. The monoisotopic (exact) mass is 400 g/mol. The van der Waals surface area contributed by atoms with Crippen LogP contribution in [0.2, 0.25) is 0 Å². The minimum Gasteiger partial charge on any atom is -0.467 e. The maximum atomic E-state index is 12.7.